The number of ether oxygens (including phenoxy) is 3. The molecule has 0 saturated heterocycles. The van der Waals surface area contributed by atoms with E-state index >= 15 is 0 Å². The number of rotatable bonds is 5. The molecule has 0 bridgehead atoms. The molecule has 0 saturated carbocycles. The van der Waals surface area contributed by atoms with Gasteiger partial charge in [-0.15, -0.1) is 0 Å². The lowest BCUT2D eigenvalue weighted by Gasteiger charge is -2.09. The van der Waals surface area contributed by atoms with Crippen LogP contribution in [0.1, 0.15) is 5.56 Å². The summed E-state index contributed by atoms with van der Waals surface area (Å²) in [4.78, 5) is 10.9. The highest BCUT2D eigenvalue weighted by atomic mass is 16.6. The monoisotopic (exact) mass is 235 g/mol. The Labute approximate surface area is 99.5 Å². The van der Waals surface area contributed by atoms with Crippen LogP contribution in [0.3, 0.4) is 0 Å². The van der Waals surface area contributed by atoms with Gasteiger partial charge in [-0.2, -0.15) is 5.26 Å². The van der Waals surface area contributed by atoms with Crippen LogP contribution < -0.4 is 9.47 Å². The third-order valence-corrected chi connectivity index (χ3v) is 2.02. The predicted octanol–water partition coefficient (Wildman–Crippen LogP) is 1.45. The molecule has 0 aliphatic heterocycles. The Morgan fingerprint density at radius 2 is 2.18 bits per heavy atom. The molecule has 5 heteroatoms. The molecule has 1 rings (SSSR count). The van der Waals surface area contributed by atoms with Gasteiger partial charge in [-0.05, 0) is 30.7 Å². The molecular formula is C12H13NO4. The van der Waals surface area contributed by atoms with Crippen LogP contribution in [0.5, 0.6) is 11.5 Å². The van der Waals surface area contributed by atoms with Gasteiger partial charge >= 0.3 is 5.97 Å². The number of nitriles is 1. The lowest BCUT2D eigenvalue weighted by Crippen LogP contribution is -2.13. The van der Waals surface area contributed by atoms with Gasteiger partial charge in [-0.25, -0.2) is 4.79 Å². The number of aryl methyl sites for hydroxylation is 1. The fraction of sp³-hybridized carbons (Fsp3) is 0.333. The normalized spacial score (nSPS) is 9.24. The van der Waals surface area contributed by atoms with Crippen molar-refractivity contribution in [1.82, 2.24) is 0 Å². The first-order valence-corrected chi connectivity index (χ1v) is 4.97. The van der Waals surface area contributed by atoms with Gasteiger partial charge in [0.05, 0.1) is 7.11 Å². The summed E-state index contributed by atoms with van der Waals surface area (Å²) in [5.41, 5.74) is 0.823. The number of nitrogens with zero attached hydrogens (tertiary/aromatic N) is 1. The molecule has 0 atom stereocenters. The molecule has 90 valence electrons. The van der Waals surface area contributed by atoms with Gasteiger partial charge in [0.25, 0.3) is 0 Å². The van der Waals surface area contributed by atoms with Gasteiger partial charge < -0.3 is 14.2 Å². The topological polar surface area (TPSA) is 68.6 Å². The van der Waals surface area contributed by atoms with E-state index < -0.39 is 5.97 Å². The second-order valence-corrected chi connectivity index (χ2v) is 3.24. The highest BCUT2D eigenvalue weighted by molar-refractivity contribution is 5.70. The van der Waals surface area contributed by atoms with Crippen molar-refractivity contribution in [1.29, 1.82) is 5.26 Å². The summed E-state index contributed by atoms with van der Waals surface area (Å²) in [5.74, 6) is 0.739. The van der Waals surface area contributed by atoms with Gasteiger partial charge in [-0.1, -0.05) is 0 Å². The minimum absolute atomic E-state index is 0.00179. The van der Waals surface area contributed by atoms with E-state index in [4.69, 9.17) is 14.7 Å². The molecule has 0 radical (unpaired) electrons. The minimum Gasteiger partial charge on any atom is -0.482 e. The third kappa shape index (κ3) is 4.03. The van der Waals surface area contributed by atoms with Crippen LogP contribution in [-0.2, 0) is 9.53 Å². The smallest absolute Gasteiger partial charge is 0.343 e. The molecule has 0 N–H and O–H groups in total. The summed E-state index contributed by atoms with van der Waals surface area (Å²) in [7, 11) is 1.30. The van der Waals surface area contributed by atoms with Crippen molar-refractivity contribution in [2.24, 2.45) is 0 Å². The van der Waals surface area contributed by atoms with Crippen LogP contribution in [0.4, 0.5) is 0 Å². The molecule has 0 amide bonds. The second kappa shape index (κ2) is 6.38. The van der Waals surface area contributed by atoms with Crippen molar-refractivity contribution in [3.05, 3.63) is 23.8 Å². The zero-order valence-corrected chi connectivity index (χ0v) is 9.73. The highest BCUT2D eigenvalue weighted by Gasteiger charge is 2.05. The largest absolute Gasteiger partial charge is 0.482 e. The summed E-state index contributed by atoms with van der Waals surface area (Å²) in [6.07, 6.45) is 0. The van der Waals surface area contributed by atoms with E-state index in [9.17, 15) is 4.79 Å². The molecule has 0 spiro atoms. The lowest BCUT2D eigenvalue weighted by molar-refractivity contribution is -0.142. The summed E-state index contributed by atoms with van der Waals surface area (Å²) < 4.78 is 14.8. The Morgan fingerprint density at radius 1 is 1.41 bits per heavy atom. The maximum absolute atomic E-state index is 10.9. The number of hydrogen-bond acceptors (Lipinski definition) is 5. The number of benzene rings is 1. The van der Waals surface area contributed by atoms with Crippen molar-refractivity contribution in [3.63, 3.8) is 0 Å². The summed E-state index contributed by atoms with van der Waals surface area (Å²) in [6, 6.07) is 6.99. The van der Waals surface area contributed by atoms with Crippen LogP contribution in [0, 0.1) is 18.3 Å². The van der Waals surface area contributed by atoms with Crippen LogP contribution in [0.15, 0.2) is 18.2 Å². The van der Waals surface area contributed by atoms with E-state index in [0.717, 1.165) is 5.56 Å². The van der Waals surface area contributed by atoms with Crippen LogP contribution in [0.25, 0.3) is 0 Å². The molecule has 0 fully saturated rings. The average Bonchev–Trinajstić information content (AvgIpc) is 2.34. The Morgan fingerprint density at radius 3 is 2.76 bits per heavy atom. The molecule has 1 aromatic carbocycles. The van der Waals surface area contributed by atoms with Gasteiger partial charge in [0, 0.05) is 0 Å². The quantitative estimate of drug-likeness (QED) is 0.722. The molecule has 1 aromatic rings. The van der Waals surface area contributed by atoms with E-state index in [1.54, 1.807) is 18.2 Å². The first-order chi connectivity index (χ1) is 8.17. The molecule has 0 heterocycles. The molecular weight excluding hydrogens is 222 g/mol. The SMILES string of the molecule is COC(=O)COc1ccc(OCC#N)cc1C. The first kappa shape index (κ1) is 12.8. The molecule has 0 aromatic heterocycles. The van der Waals surface area contributed by atoms with E-state index in [2.05, 4.69) is 4.74 Å². The zero-order chi connectivity index (χ0) is 12.7. The average molecular weight is 235 g/mol. The predicted molar refractivity (Wildman–Crippen MR) is 59.8 cm³/mol. The number of hydrogen-bond donors (Lipinski definition) is 0. The van der Waals surface area contributed by atoms with E-state index in [1.807, 2.05) is 13.0 Å². The van der Waals surface area contributed by atoms with Crippen molar-refractivity contribution in [2.45, 2.75) is 6.92 Å². The molecule has 0 aliphatic carbocycles. The van der Waals surface area contributed by atoms with E-state index in [0.29, 0.717) is 11.5 Å². The maximum atomic E-state index is 10.9. The zero-order valence-electron chi connectivity index (χ0n) is 9.73. The number of carbonyl (C=O) groups is 1. The second-order valence-electron chi connectivity index (χ2n) is 3.24. The standard InChI is InChI=1S/C12H13NO4/c1-9-7-10(16-6-5-13)3-4-11(9)17-8-12(14)15-2/h3-4,7H,6,8H2,1-2H3. The van der Waals surface area contributed by atoms with Crippen molar-refractivity contribution < 1.29 is 19.0 Å². The van der Waals surface area contributed by atoms with Gasteiger partial charge in [-0.3, -0.25) is 0 Å². The van der Waals surface area contributed by atoms with E-state index in [1.165, 1.54) is 7.11 Å². The van der Waals surface area contributed by atoms with Crippen molar-refractivity contribution in [2.75, 3.05) is 20.3 Å². The maximum Gasteiger partial charge on any atom is 0.343 e. The van der Waals surface area contributed by atoms with Crippen LogP contribution in [-0.4, -0.2) is 26.3 Å². The Kier molecular flexibility index (Phi) is 4.82. The van der Waals surface area contributed by atoms with Gasteiger partial charge in [0.1, 0.15) is 17.6 Å². The van der Waals surface area contributed by atoms with E-state index in [-0.39, 0.29) is 13.2 Å². The summed E-state index contributed by atoms with van der Waals surface area (Å²) in [6.45, 7) is 1.70. The Bertz CT molecular complexity index is 437. The van der Waals surface area contributed by atoms with Crippen LogP contribution >= 0.6 is 0 Å². The van der Waals surface area contributed by atoms with Gasteiger partial charge in [0.15, 0.2) is 13.2 Å². The number of methoxy groups -OCH3 is 1. The summed E-state index contributed by atoms with van der Waals surface area (Å²) in [5, 5.41) is 8.37. The van der Waals surface area contributed by atoms with Crippen molar-refractivity contribution in [3.8, 4) is 17.6 Å². The number of esters is 1. The first-order valence-electron chi connectivity index (χ1n) is 4.97. The molecule has 5 nitrogen and oxygen atoms in total. The van der Waals surface area contributed by atoms with Crippen molar-refractivity contribution >= 4 is 5.97 Å². The fourth-order valence-electron chi connectivity index (χ4n) is 1.18. The van der Waals surface area contributed by atoms with Gasteiger partial charge in [0.2, 0.25) is 0 Å². The highest BCUT2D eigenvalue weighted by Crippen LogP contribution is 2.23. The Hall–Kier alpha value is -2.22. The minimum atomic E-state index is -0.436. The molecule has 0 unspecified atom stereocenters. The molecule has 17 heavy (non-hydrogen) atoms. The fourth-order valence-corrected chi connectivity index (χ4v) is 1.18. The summed E-state index contributed by atoms with van der Waals surface area (Å²) >= 11 is 0. The third-order valence-electron chi connectivity index (χ3n) is 2.02. The molecule has 0 aliphatic rings. The number of carbonyl (C=O) groups excluding carboxylic acids is 1. The Balaban J connectivity index is 2.63. The lowest BCUT2D eigenvalue weighted by atomic mass is 10.2. The van der Waals surface area contributed by atoms with Crippen LogP contribution in [0.2, 0.25) is 0 Å².